The van der Waals surface area contributed by atoms with Crippen LogP contribution in [0.15, 0.2) is 36.4 Å². The Balaban J connectivity index is 1.98. The van der Waals surface area contributed by atoms with E-state index in [1.807, 2.05) is 39.1 Å². The second kappa shape index (κ2) is 9.57. The Kier molecular flexibility index (Phi) is 7.43. The van der Waals surface area contributed by atoms with E-state index in [-0.39, 0.29) is 18.4 Å². The lowest BCUT2D eigenvalue weighted by Crippen LogP contribution is -3.14. The molecule has 0 aliphatic carbocycles. The number of aryl methyl sites for hydroxylation is 1. The van der Waals surface area contributed by atoms with Crippen LogP contribution in [-0.4, -0.2) is 38.6 Å². The van der Waals surface area contributed by atoms with Gasteiger partial charge in [0.25, 0.3) is 11.8 Å². The summed E-state index contributed by atoms with van der Waals surface area (Å²) in [5.74, 6) is 0.152. The number of hydrogen-bond donors (Lipinski definition) is 3. The number of ether oxygens (including phenoxy) is 1. The SMILES string of the molecule is COc1ccc(Cl)cc1NC(=O)[C@H](C)[NH+](C)CC(=O)Nc1cccc(C)c1C. The summed E-state index contributed by atoms with van der Waals surface area (Å²) in [5.41, 5.74) is 3.44. The van der Waals surface area contributed by atoms with Crippen molar-refractivity contribution >= 4 is 34.8 Å². The number of hydrogen-bond acceptors (Lipinski definition) is 3. The van der Waals surface area contributed by atoms with Gasteiger partial charge < -0.3 is 20.3 Å². The number of amides is 2. The van der Waals surface area contributed by atoms with Crippen molar-refractivity contribution in [2.24, 2.45) is 0 Å². The fourth-order valence-electron chi connectivity index (χ4n) is 2.73. The molecule has 28 heavy (non-hydrogen) atoms. The molecular formula is C21H27ClN3O3+. The van der Waals surface area contributed by atoms with E-state index in [0.717, 1.165) is 21.7 Å². The maximum Gasteiger partial charge on any atom is 0.282 e. The van der Waals surface area contributed by atoms with Gasteiger partial charge >= 0.3 is 0 Å². The van der Waals surface area contributed by atoms with Crippen LogP contribution in [0.25, 0.3) is 0 Å². The predicted molar refractivity (Wildman–Crippen MR) is 112 cm³/mol. The minimum Gasteiger partial charge on any atom is -0.495 e. The number of rotatable bonds is 7. The topological polar surface area (TPSA) is 71.9 Å². The molecule has 3 N–H and O–H groups in total. The van der Waals surface area contributed by atoms with Crippen LogP contribution in [0.2, 0.25) is 5.02 Å². The molecule has 1 unspecified atom stereocenters. The van der Waals surface area contributed by atoms with Gasteiger partial charge in [-0.1, -0.05) is 23.7 Å². The minimum atomic E-state index is -0.451. The lowest BCUT2D eigenvalue weighted by molar-refractivity contribution is -0.885. The van der Waals surface area contributed by atoms with Crippen molar-refractivity contribution in [1.29, 1.82) is 0 Å². The lowest BCUT2D eigenvalue weighted by Gasteiger charge is -2.21. The normalized spacial score (nSPS) is 12.8. The number of likely N-dealkylation sites (N-methyl/N-ethyl adjacent to an activating group) is 1. The molecule has 0 heterocycles. The summed E-state index contributed by atoms with van der Waals surface area (Å²) in [7, 11) is 3.33. The van der Waals surface area contributed by atoms with Crippen molar-refractivity contribution in [2.75, 3.05) is 31.3 Å². The Bertz CT molecular complexity index is 870. The van der Waals surface area contributed by atoms with Gasteiger partial charge in [-0.3, -0.25) is 9.59 Å². The van der Waals surface area contributed by atoms with Crippen LogP contribution in [0, 0.1) is 13.8 Å². The van der Waals surface area contributed by atoms with Crippen molar-refractivity contribution in [1.82, 2.24) is 0 Å². The lowest BCUT2D eigenvalue weighted by atomic mass is 10.1. The van der Waals surface area contributed by atoms with Crippen LogP contribution in [0.1, 0.15) is 18.1 Å². The number of nitrogens with one attached hydrogen (secondary N) is 3. The number of methoxy groups -OCH3 is 1. The maximum atomic E-state index is 12.6. The molecule has 0 radical (unpaired) electrons. The highest BCUT2D eigenvalue weighted by molar-refractivity contribution is 6.31. The highest BCUT2D eigenvalue weighted by Gasteiger charge is 2.25. The highest BCUT2D eigenvalue weighted by atomic mass is 35.5. The first-order valence-electron chi connectivity index (χ1n) is 9.05. The first kappa shape index (κ1) is 21.7. The molecule has 2 aromatic carbocycles. The van der Waals surface area contributed by atoms with Gasteiger partial charge in [0.05, 0.1) is 19.8 Å². The number of benzene rings is 2. The number of halogens is 1. The highest BCUT2D eigenvalue weighted by Crippen LogP contribution is 2.27. The summed E-state index contributed by atoms with van der Waals surface area (Å²) in [5, 5.41) is 6.24. The molecule has 6 nitrogen and oxygen atoms in total. The number of anilines is 2. The summed E-state index contributed by atoms with van der Waals surface area (Å²) in [6, 6.07) is 10.3. The second-order valence-electron chi connectivity index (χ2n) is 6.87. The third kappa shape index (κ3) is 5.47. The van der Waals surface area contributed by atoms with E-state index in [1.165, 1.54) is 7.11 Å². The molecule has 2 rings (SSSR count). The van der Waals surface area contributed by atoms with Crippen LogP contribution >= 0.6 is 11.6 Å². The molecule has 0 aliphatic heterocycles. The molecule has 150 valence electrons. The van der Waals surface area contributed by atoms with E-state index in [4.69, 9.17) is 16.3 Å². The molecule has 7 heteroatoms. The Morgan fingerprint density at radius 3 is 2.54 bits per heavy atom. The Hall–Kier alpha value is -2.57. The zero-order chi connectivity index (χ0) is 20.8. The van der Waals surface area contributed by atoms with Gasteiger partial charge in [0.1, 0.15) is 5.75 Å². The third-order valence-electron chi connectivity index (χ3n) is 4.87. The summed E-state index contributed by atoms with van der Waals surface area (Å²) in [6.07, 6.45) is 0. The predicted octanol–water partition coefficient (Wildman–Crippen LogP) is 2.45. The summed E-state index contributed by atoms with van der Waals surface area (Å²) < 4.78 is 5.25. The van der Waals surface area contributed by atoms with E-state index in [1.54, 1.807) is 25.1 Å². The number of carbonyl (C=O) groups excluding carboxylic acids is 2. The molecule has 2 amide bonds. The molecule has 2 aromatic rings. The van der Waals surface area contributed by atoms with Gasteiger partial charge in [-0.25, -0.2) is 0 Å². The van der Waals surface area contributed by atoms with E-state index < -0.39 is 6.04 Å². The first-order chi connectivity index (χ1) is 13.2. The molecule has 0 spiro atoms. The van der Waals surface area contributed by atoms with Crippen LogP contribution in [0.5, 0.6) is 5.75 Å². The number of quaternary nitrogens is 1. The van der Waals surface area contributed by atoms with Crippen molar-refractivity contribution in [3.05, 3.63) is 52.5 Å². The van der Waals surface area contributed by atoms with E-state index in [9.17, 15) is 9.59 Å². The third-order valence-corrected chi connectivity index (χ3v) is 5.11. The average molecular weight is 405 g/mol. The second-order valence-corrected chi connectivity index (χ2v) is 7.31. The van der Waals surface area contributed by atoms with E-state index in [2.05, 4.69) is 10.6 Å². The molecular weight excluding hydrogens is 378 g/mol. The maximum absolute atomic E-state index is 12.6. The van der Waals surface area contributed by atoms with Crippen molar-refractivity contribution in [2.45, 2.75) is 26.8 Å². The molecule has 0 saturated heterocycles. The van der Waals surface area contributed by atoms with Crippen LogP contribution < -0.4 is 20.3 Å². The smallest absolute Gasteiger partial charge is 0.282 e. The monoisotopic (exact) mass is 404 g/mol. The van der Waals surface area contributed by atoms with Gasteiger partial charge in [-0.05, 0) is 56.2 Å². The Labute approximate surface area is 170 Å². The van der Waals surface area contributed by atoms with Crippen LogP contribution in [-0.2, 0) is 9.59 Å². The standard InChI is InChI=1S/C21H26ClN3O3/c1-13-7-6-8-17(14(13)2)23-20(26)12-25(4)15(3)21(27)24-18-11-16(22)9-10-19(18)28-5/h6-11,15H,12H2,1-5H3,(H,23,26)(H,24,27)/p+1/t15-/m0/s1. The van der Waals surface area contributed by atoms with Crippen molar-refractivity contribution in [3.8, 4) is 5.75 Å². The molecule has 0 saturated carbocycles. The van der Waals surface area contributed by atoms with Crippen LogP contribution in [0.3, 0.4) is 0 Å². The molecule has 0 aliphatic rings. The Morgan fingerprint density at radius 2 is 1.86 bits per heavy atom. The summed E-state index contributed by atoms with van der Waals surface area (Å²) in [4.78, 5) is 25.8. The molecule has 0 aromatic heterocycles. The summed E-state index contributed by atoms with van der Waals surface area (Å²) in [6.45, 7) is 5.90. The fraction of sp³-hybridized carbons (Fsp3) is 0.333. The van der Waals surface area contributed by atoms with Crippen molar-refractivity contribution < 1.29 is 19.2 Å². The molecule has 2 atom stereocenters. The van der Waals surface area contributed by atoms with E-state index >= 15 is 0 Å². The van der Waals surface area contributed by atoms with Gasteiger partial charge in [0, 0.05) is 10.7 Å². The molecule has 0 fully saturated rings. The first-order valence-corrected chi connectivity index (χ1v) is 9.43. The van der Waals surface area contributed by atoms with Gasteiger partial charge in [-0.15, -0.1) is 0 Å². The van der Waals surface area contributed by atoms with Gasteiger partial charge in [-0.2, -0.15) is 0 Å². The van der Waals surface area contributed by atoms with Gasteiger partial charge in [0.15, 0.2) is 12.6 Å². The Morgan fingerprint density at radius 1 is 1.14 bits per heavy atom. The zero-order valence-electron chi connectivity index (χ0n) is 16.9. The quantitative estimate of drug-likeness (QED) is 0.663. The van der Waals surface area contributed by atoms with Crippen molar-refractivity contribution in [3.63, 3.8) is 0 Å². The van der Waals surface area contributed by atoms with Gasteiger partial charge in [0.2, 0.25) is 0 Å². The zero-order valence-corrected chi connectivity index (χ0v) is 17.6. The average Bonchev–Trinajstić information content (AvgIpc) is 2.65. The summed E-state index contributed by atoms with van der Waals surface area (Å²) >= 11 is 6.00. The largest absolute Gasteiger partial charge is 0.495 e. The van der Waals surface area contributed by atoms with E-state index in [0.29, 0.717) is 16.5 Å². The fourth-order valence-corrected chi connectivity index (χ4v) is 2.90. The minimum absolute atomic E-state index is 0.147. The van der Waals surface area contributed by atoms with Crippen LogP contribution in [0.4, 0.5) is 11.4 Å². The number of carbonyl (C=O) groups is 2. The molecule has 0 bridgehead atoms.